The second kappa shape index (κ2) is 6.45. The van der Waals surface area contributed by atoms with E-state index in [1.54, 1.807) is 11.0 Å². The van der Waals surface area contributed by atoms with E-state index in [1.165, 1.54) is 6.07 Å². The highest BCUT2D eigenvalue weighted by Gasteiger charge is 2.04. The minimum absolute atomic E-state index is 0.0134. The van der Waals surface area contributed by atoms with Crippen molar-refractivity contribution in [1.82, 2.24) is 4.90 Å². The number of benzene rings is 1. The van der Waals surface area contributed by atoms with Crippen LogP contribution in [0.25, 0.3) is 0 Å². The van der Waals surface area contributed by atoms with E-state index in [-0.39, 0.29) is 12.5 Å². The largest absolute Gasteiger partial charge is 0.491 e. The van der Waals surface area contributed by atoms with Crippen LogP contribution in [-0.4, -0.2) is 36.9 Å². The van der Waals surface area contributed by atoms with E-state index in [0.29, 0.717) is 25.3 Å². The molecule has 90 valence electrons. The van der Waals surface area contributed by atoms with E-state index in [2.05, 4.69) is 0 Å². The molecule has 0 bridgehead atoms. The Hall–Kier alpha value is -1.13. The number of aliphatic hydroxyl groups excluding tert-OH is 1. The number of halogens is 1. The monoisotopic (exact) mass is 227 g/mol. The summed E-state index contributed by atoms with van der Waals surface area (Å²) in [5, 5.41) is 8.81. The van der Waals surface area contributed by atoms with Crippen LogP contribution in [0, 0.1) is 5.82 Å². The molecule has 0 aliphatic heterocycles. The summed E-state index contributed by atoms with van der Waals surface area (Å²) in [7, 11) is 1.81. The van der Waals surface area contributed by atoms with Crippen LogP contribution < -0.4 is 4.74 Å². The van der Waals surface area contributed by atoms with E-state index < -0.39 is 0 Å². The molecule has 4 heteroatoms. The fourth-order valence-corrected chi connectivity index (χ4v) is 1.36. The number of rotatable bonds is 6. The SMILES string of the molecule is CCOc1ccc(CCN(C)CO)cc1F. The van der Waals surface area contributed by atoms with Crippen LogP contribution in [0.2, 0.25) is 0 Å². The van der Waals surface area contributed by atoms with Crippen molar-refractivity contribution in [2.75, 3.05) is 26.9 Å². The maximum absolute atomic E-state index is 13.5. The summed E-state index contributed by atoms with van der Waals surface area (Å²) in [4.78, 5) is 1.76. The Labute approximate surface area is 95.5 Å². The van der Waals surface area contributed by atoms with Crippen molar-refractivity contribution in [3.05, 3.63) is 29.6 Å². The van der Waals surface area contributed by atoms with Gasteiger partial charge >= 0.3 is 0 Å². The lowest BCUT2D eigenvalue weighted by molar-refractivity contribution is 0.134. The molecule has 0 saturated heterocycles. The molecule has 0 atom stereocenters. The zero-order valence-electron chi connectivity index (χ0n) is 9.74. The van der Waals surface area contributed by atoms with Crippen molar-refractivity contribution in [1.29, 1.82) is 0 Å². The van der Waals surface area contributed by atoms with Gasteiger partial charge in [0.15, 0.2) is 11.6 Å². The highest BCUT2D eigenvalue weighted by Crippen LogP contribution is 2.18. The van der Waals surface area contributed by atoms with E-state index in [1.807, 2.05) is 20.0 Å². The molecule has 1 rings (SSSR count). The molecule has 0 unspecified atom stereocenters. The van der Waals surface area contributed by atoms with Crippen LogP contribution >= 0.6 is 0 Å². The summed E-state index contributed by atoms with van der Waals surface area (Å²) in [5.41, 5.74) is 0.904. The third-order valence-electron chi connectivity index (χ3n) is 2.32. The first-order valence-electron chi connectivity index (χ1n) is 5.38. The predicted molar refractivity (Wildman–Crippen MR) is 61.0 cm³/mol. The van der Waals surface area contributed by atoms with Gasteiger partial charge in [-0.2, -0.15) is 0 Å². The first-order chi connectivity index (χ1) is 7.67. The molecule has 0 aliphatic rings. The molecule has 1 aromatic rings. The van der Waals surface area contributed by atoms with E-state index >= 15 is 0 Å². The molecule has 0 aromatic heterocycles. The van der Waals surface area contributed by atoms with Gasteiger partial charge in [0.1, 0.15) is 0 Å². The minimum atomic E-state index is -0.328. The maximum atomic E-state index is 13.5. The Balaban J connectivity index is 2.59. The number of hydrogen-bond acceptors (Lipinski definition) is 3. The minimum Gasteiger partial charge on any atom is -0.491 e. The Morgan fingerprint density at radius 2 is 2.19 bits per heavy atom. The Bertz CT molecular complexity index is 331. The second-order valence-corrected chi connectivity index (χ2v) is 3.67. The molecular formula is C12H18FNO2. The van der Waals surface area contributed by atoms with Gasteiger partial charge in [0.2, 0.25) is 0 Å². The van der Waals surface area contributed by atoms with Crippen LogP contribution in [0.1, 0.15) is 12.5 Å². The molecule has 0 radical (unpaired) electrons. The second-order valence-electron chi connectivity index (χ2n) is 3.67. The van der Waals surface area contributed by atoms with Crippen molar-refractivity contribution in [2.45, 2.75) is 13.3 Å². The fraction of sp³-hybridized carbons (Fsp3) is 0.500. The Morgan fingerprint density at radius 3 is 2.75 bits per heavy atom. The van der Waals surface area contributed by atoms with Crippen LogP contribution in [0.3, 0.4) is 0 Å². The third-order valence-corrected chi connectivity index (χ3v) is 2.32. The third kappa shape index (κ3) is 3.79. The van der Waals surface area contributed by atoms with Crippen LogP contribution in [-0.2, 0) is 6.42 Å². The number of likely N-dealkylation sites (N-methyl/N-ethyl adjacent to an activating group) is 1. The van der Waals surface area contributed by atoms with Crippen LogP contribution in [0.5, 0.6) is 5.75 Å². The normalized spacial score (nSPS) is 10.8. The highest BCUT2D eigenvalue weighted by molar-refractivity contribution is 5.29. The average molecular weight is 227 g/mol. The maximum Gasteiger partial charge on any atom is 0.165 e. The summed E-state index contributed by atoms with van der Waals surface area (Å²) in [6.45, 7) is 3.00. The molecule has 0 heterocycles. The lowest BCUT2D eigenvalue weighted by Crippen LogP contribution is -2.21. The first-order valence-corrected chi connectivity index (χ1v) is 5.38. The molecule has 3 nitrogen and oxygen atoms in total. The summed E-state index contributed by atoms with van der Waals surface area (Å²) < 4.78 is 18.6. The van der Waals surface area contributed by atoms with Gasteiger partial charge in [-0.15, -0.1) is 0 Å². The van der Waals surface area contributed by atoms with E-state index in [9.17, 15) is 4.39 Å². The fourth-order valence-electron chi connectivity index (χ4n) is 1.36. The summed E-state index contributed by atoms with van der Waals surface area (Å²) in [6.07, 6.45) is 0.709. The standard InChI is InChI=1S/C12H18FNO2/c1-3-16-12-5-4-10(8-11(12)13)6-7-14(2)9-15/h4-5,8,15H,3,6-7,9H2,1-2H3. The van der Waals surface area contributed by atoms with Crippen molar-refractivity contribution in [3.8, 4) is 5.75 Å². The average Bonchev–Trinajstić information content (AvgIpc) is 2.29. The molecule has 0 spiro atoms. The van der Waals surface area contributed by atoms with Gasteiger partial charge < -0.3 is 9.84 Å². The molecule has 0 amide bonds. The van der Waals surface area contributed by atoms with Gasteiger partial charge in [-0.1, -0.05) is 6.07 Å². The molecule has 0 saturated carbocycles. The molecular weight excluding hydrogens is 209 g/mol. The Morgan fingerprint density at radius 1 is 1.44 bits per heavy atom. The summed E-state index contributed by atoms with van der Waals surface area (Å²) >= 11 is 0. The summed E-state index contributed by atoms with van der Waals surface area (Å²) in [6, 6.07) is 4.97. The lowest BCUT2D eigenvalue weighted by atomic mass is 10.1. The molecule has 1 N–H and O–H groups in total. The van der Waals surface area contributed by atoms with E-state index in [0.717, 1.165) is 5.56 Å². The number of aliphatic hydroxyl groups is 1. The van der Waals surface area contributed by atoms with Gasteiger partial charge in [-0.25, -0.2) is 4.39 Å². The zero-order valence-corrected chi connectivity index (χ0v) is 9.74. The molecule has 0 aliphatic carbocycles. The quantitative estimate of drug-likeness (QED) is 0.750. The predicted octanol–water partition coefficient (Wildman–Crippen LogP) is 1.65. The topological polar surface area (TPSA) is 32.7 Å². The van der Waals surface area contributed by atoms with Gasteiger partial charge in [0, 0.05) is 6.54 Å². The lowest BCUT2D eigenvalue weighted by Gasteiger charge is -2.13. The van der Waals surface area contributed by atoms with Crippen molar-refractivity contribution < 1.29 is 14.2 Å². The van der Waals surface area contributed by atoms with Gasteiger partial charge in [-0.3, -0.25) is 4.90 Å². The smallest absolute Gasteiger partial charge is 0.165 e. The van der Waals surface area contributed by atoms with E-state index in [4.69, 9.17) is 9.84 Å². The molecule has 0 fully saturated rings. The van der Waals surface area contributed by atoms with Gasteiger partial charge in [-0.05, 0) is 38.1 Å². The molecule has 16 heavy (non-hydrogen) atoms. The first kappa shape index (κ1) is 12.9. The zero-order chi connectivity index (χ0) is 12.0. The van der Waals surface area contributed by atoms with Gasteiger partial charge in [0.25, 0.3) is 0 Å². The number of ether oxygens (including phenoxy) is 1. The van der Waals surface area contributed by atoms with Crippen molar-refractivity contribution >= 4 is 0 Å². The summed E-state index contributed by atoms with van der Waals surface area (Å²) in [5.74, 6) is -0.0345. The number of hydrogen-bond donors (Lipinski definition) is 1. The number of nitrogens with zero attached hydrogens (tertiary/aromatic N) is 1. The van der Waals surface area contributed by atoms with Crippen LogP contribution in [0.4, 0.5) is 4.39 Å². The molecule has 1 aromatic carbocycles. The highest BCUT2D eigenvalue weighted by atomic mass is 19.1. The Kier molecular flexibility index (Phi) is 5.22. The van der Waals surface area contributed by atoms with Gasteiger partial charge in [0.05, 0.1) is 13.3 Å². The van der Waals surface area contributed by atoms with Crippen molar-refractivity contribution in [2.24, 2.45) is 0 Å². The van der Waals surface area contributed by atoms with Crippen LogP contribution in [0.15, 0.2) is 18.2 Å². The van der Waals surface area contributed by atoms with Crippen molar-refractivity contribution in [3.63, 3.8) is 0 Å².